The maximum absolute atomic E-state index is 12.6. The van der Waals surface area contributed by atoms with Crippen LogP contribution in [0.4, 0.5) is 5.69 Å². The van der Waals surface area contributed by atoms with E-state index >= 15 is 0 Å². The van der Waals surface area contributed by atoms with Crippen molar-refractivity contribution < 1.29 is 33.6 Å². The van der Waals surface area contributed by atoms with Crippen molar-refractivity contribution in [1.29, 1.82) is 0 Å². The maximum atomic E-state index is 12.6. The predicted molar refractivity (Wildman–Crippen MR) is 126 cm³/mol. The summed E-state index contributed by atoms with van der Waals surface area (Å²) in [6.07, 6.45) is 0. The predicted octanol–water partition coefficient (Wildman–Crippen LogP) is 2.95. The van der Waals surface area contributed by atoms with Gasteiger partial charge >= 0.3 is 18.9 Å². The zero-order valence-electron chi connectivity index (χ0n) is 17.6. The molecule has 0 radical (unpaired) electrons. The number of aromatic carboxylic acids is 1. The van der Waals surface area contributed by atoms with Crippen LogP contribution in [-0.2, 0) is 0 Å². The first kappa shape index (κ1) is 24.6. The van der Waals surface area contributed by atoms with Crippen molar-refractivity contribution in [2.75, 3.05) is 5.32 Å². The third-order valence-electron chi connectivity index (χ3n) is 4.97. The summed E-state index contributed by atoms with van der Waals surface area (Å²) in [5.74, 6) is -1.95. The minimum Gasteiger partial charge on any atom is -0.545 e. The van der Waals surface area contributed by atoms with Gasteiger partial charge in [-0.2, -0.15) is 0 Å². The first-order chi connectivity index (χ1) is 15.4. The summed E-state index contributed by atoms with van der Waals surface area (Å²) in [5, 5.41) is 15.0. The molecule has 0 spiro atoms. The molecule has 0 saturated carbocycles. The minimum absolute atomic E-state index is 0. The number of rotatable bonds is 5. The Balaban J connectivity index is 0.00000306. The number of benzene rings is 4. The molecule has 0 fully saturated rings. The van der Waals surface area contributed by atoms with Gasteiger partial charge in [-0.15, -0.1) is 0 Å². The zero-order valence-corrected chi connectivity index (χ0v) is 19.2. The number of anilines is 1. The summed E-state index contributed by atoms with van der Waals surface area (Å²) in [6, 6.07) is 26.9. The molecule has 7 heteroatoms. The van der Waals surface area contributed by atoms with Crippen molar-refractivity contribution in [2.45, 2.75) is 0 Å². The van der Waals surface area contributed by atoms with E-state index in [1.54, 1.807) is 6.07 Å². The Morgan fingerprint density at radius 3 is 1.97 bits per heavy atom. The van der Waals surface area contributed by atoms with Crippen molar-refractivity contribution in [3.63, 3.8) is 0 Å². The van der Waals surface area contributed by atoms with E-state index in [0.717, 1.165) is 16.7 Å². The van der Waals surface area contributed by atoms with E-state index in [4.69, 9.17) is 23.2 Å². The molecule has 4 aromatic carbocycles. The van der Waals surface area contributed by atoms with Crippen LogP contribution in [0.2, 0.25) is 10.0 Å². The normalized spacial score (nSPS) is 10.2. The minimum atomic E-state index is -1.40. The van der Waals surface area contributed by atoms with E-state index in [9.17, 15) is 14.7 Å². The molecular formula is C26H16Cl2LiNO3. The zero-order chi connectivity index (χ0) is 22.7. The van der Waals surface area contributed by atoms with Crippen LogP contribution < -0.4 is 29.3 Å². The maximum Gasteiger partial charge on any atom is 1.00 e. The Hall–Kier alpha value is -3.00. The fourth-order valence-corrected chi connectivity index (χ4v) is 3.87. The van der Waals surface area contributed by atoms with E-state index in [0.29, 0.717) is 10.6 Å². The number of halogens is 2. The molecule has 0 aliphatic carbocycles. The summed E-state index contributed by atoms with van der Waals surface area (Å²) in [7, 11) is 0. The molecule has 0 unspecified atom stereocenters. The van der Waals surface area contributed by atoms with Gasteiger partial charge in [-0.3, -0.25) is 4.79 Å². The molecule has 0 aromatic heterocycles. The Kier molecular flexibility index (Phi) is 8.02. The third kappa shape index (κ3) is 5.68. The van der Waals surface area contributed by atoms with Crippen LogP contribution in [0.15, 0.2) is 91.0 Å². The molecule has 4 aromatic rings. The molecule has 4 rings (SSSR count). The summed E-state index contributed by atoms with van der Waals surface area (Å²) in [6.45, 7) is 0. The number of carboxylic acids is 1. The van der Waals surface area contributed by atoms with Crippen molar-refractivity contribution in [3.8, 4) is 22.3 Å². The van der Waals surface area contributed by atoms with Crippen LogP contribution in [0, 0.1) is 0 Å². The quantitative estimate of drug-likeness (QED) is 0.458. The molecule has 0 saturated heterocycles. The Morgan fingerprint density at radius 1 is 0.667 bits per heavy atom. The van der Waals surface area contributed by atoms with E-state index in [2.05, 4.69) is 5.32 Å². The topological polar surface area (TPSA) is 69.2 Å². The van der Waals surface area contributed by atoms with Crippen LogP contribution >= 0.6 is 23.2 Å². The summed E-state index contributed by atoms with van der Waals surface area (Å²) < 4.78 is 0. The number of carbonyl (C=O) groups is 2. The van der Waals surface area contributed by atoms with Crippen LogP contribution in [0.1, 0.15) is 20.7 Å². The van der Waals surface area contributed by atoms with Crippen LogP contribution in [0.5, 0.6) is 0 Å². The van der Waals surface area contributed by atoms with Crippen molar-refractivity contribution in [1.82, 2.24) is 0 Å². The van der Waals surface area contributed by atoms with Gasteiger partial charge < -0.3 is 15.2 Å². The van der Waals surface area contributed by atoms with E-state index in [1.165, 1.54) is 30.3 Å². The van der Waals surface area contributed by atoms with E-state index in [-0.39, 0.29) is 40.7 Å². The van der Waals surface area contributed by atoms with Crippen molar-refractivity contribution >= 4 is 40.8 Å². The molecule has 0 bridgehead atoms. The number of amides is 1. The molecule has 158 valence electrons. The summed E-state index contributed by atoms with van der Waals surface area (Å²) >= 11 is 12.0. The first-order valence-electron chi connectivity index (χ1n) is 9.70. The second-order valence-corrected chi connectivity index (χ2v) is 7.92. The number of hydrogen-bond donors (Lipinski definition) is 1. The molecular weight excluding hydrogens is 452 g/mol. The van der Waals surface area contributed by atoms with E-state index < -0.39 is 11.9 Å². The fraction of sp³-hybridized carbons (Fsp3) is 0. The van der Waals surface area contributed by atoms with Crippen molar-refractivity contribution in [2.24, 2.45) is 0 Å². The monoisotopic (exact) mass is 467 g/mol. The number of hydrogen-bond acceptors (Lipinski definition) is 3. The second-order valence-electron chi connectivity index (χ2n) is 7.07. The van der Waals surface area contributed by atoms with Gasteiger partial charge in [0.1, 0.15) is 0 Å². The average Bonchev–Trinajstić information content (AvgIpc) is 2.79. The van der Waals surface area contributed by atoms with Gasteiger partial charge in [0.05, 0.1) is 22.2 Å². The van der Waals surface area contributed by atoms with Gasteiger partial charge in [0.15, 0.2) is 0 Å². The second kappa shape index (κ2) is 10.7. The van der Waals surface area contributed by atoms with E-state index in [1.807, 2.05) is 54.6 Å². The van der Waals surface area contributed by atoms with Crippen molar-refractivity contribution in [3.05, 3.63) is 112 Å². The molecule has 1 N–H and O–H groups in total. The van der Waals surface area contributed by atoms with Gasteiger partial charge in [-0.05, 0) is 58.7 Å². The fourth-order valence-electron chi connectivity index (χ4n) is 3.37. The first-order valence-corrected chi connectivity index (χ1v) is 10.5. The molecule has 4 nitrogen and oxygen atoms in total. The number of nitrogens with one attached hydrogen (secondary N) is 1. The molecule has 0 atom stereocenters. The third-order valence-corrected chi connectivity index (χ3v) is 5.51. The van der Waals surface area contributed by atoms with Crippen LogP contribution in [0.3, 0.4) is 0 Å². The SMILES string of the molecule is O=C(Nc1ccc(-c2cccc(-c3ccccc3)c2)cc1C(=O)[O-])c1ccc(Cl)cc1Cl.[Li+]. The standard InChI is InChI=1S/C26H17Cl2NO3.Li/c27-20-10-11-21(23(28)15-20)25(30)29-24-12-9-19(14-22(24)26(31)32)18-8-4-7-17(13-18)16-5-2-1-3-6-16;/h1-15H,(H,29,30)(H,31,32);/q;+1/p-1. The average molecular weight is 468 g/mol. The molecule has 0 aliphatic rings. The van der Waals surface area contributed by atoms with Gasteiger partial charge in [0, 0.05) is 10.6 Å². The smallest absolute Gasteiger partial charge is 0.545 e. The van der Waals surface area contributed by atoms with Gasteiger partial charge in [0.25, 0.3) is 5.91 Å². The van der Waals surface area contributed by atoms with Gasteiger partial charge in [0.2, 0.25) is 0 Å². The summed E-state index contributed by atoms with van der Waals surface area (Å²) in [4.78, 5) is 24.4. The molecule has 0 aliphatic heterocycles. The van der Waals surface area contributed by atoms with Crippen LogP contribution in [-0.4, -0.2) is 11.9 Å². The summed E-state index contributed by atoms with van der Waals surface area (Å²) in [5.41, 5.74) is 3.75. The Morgan fingerprint density at radius 2 is 1.30 bits per heavy atom. The Labute approximate surface area is 213 Å². The van der Waals surface area contributed by atoms with Gasteiger partial charge in [-0.25, -0.2) is 0 Å². The molecule has 33 heavy (non-hydrogen) atoms. The largest absolute Gasteiger partial charge is 1.00 e. The number of carbonyl (C=O) groups excluding carboxylic acids is 2. The molecule has 1 amide bonds. The number of carboxylic acid groups (broad SMARTS) is 1. The molecule has 0 heterocycles. The van der Waals surface area contributed by atoms with Gasteiger partial charge in [-0.1, -0.05) is 77.8 Å². The van der Waals surface area contributed by atoms with Crippen LogP contribution in [0.25, 0.3) is 22.3 Å². The Bertz CT molecular complexity index is 1330.